The molecular weight excluding hydrogens is 412 g/mol. The number of rotatable bonds is 7. The highest BCUT2D eigenvalue weighted by Gasteiger charge is 2.25. The van der Waals surface area contributed by atoms with Gasteiger partial charge in [-0.1, -0.05) is 25.0 Å². The zero-order valence-corrected chi connectivity index (χ0v) is 18.4. The minimum absolute atomic E-state index is 0.200. The van der Waals surface area contributed by atoms with E-state index in [0.29, 0.717) is 25.2 Å². The quantitative estimate of drug-likeness (QED) is 0.571. The fourth-order valence-electron chi connectivity index (χ4n) is 3.95. The molecule has 0 saturated carbocycles. The number of hydrogen-bond donors (Lipinski definition) is 1. The van der Waals surface area contributed by atoms with Crippen LogP contribution < -0.4 is 5.32 Å². The average molecular weight is 441 g/mol. The van der Waals surface area contributed by atoms with Gasteiger partial charge in [-0.05, 0) is 55.7 Å². The molecule has 0 radical (unpaired) electrons. The average Bonchev–Trinajstić information content (AvgIpc) is 2.99. The van der Waals surface area contributed by atoms with Gasteiger partial charge in [0.25, 0.3) is 5.91 Å². The third-order valence-corrected chi connectivity index (χ3v) is 7.62. The molecule has 1 fully saturated rings. The summed E-state index contributed by atoms with van der Waals surface area (Å²) in [5.74, 6) is -0.200. The summed E-state index contributed by atoms with van der Waals surface area (Å²) in [5, 5.41) is 2.91. The van der Waals surface area contributed by atoms with Crippen LogP contribution in [0.5, 0.6) is 0 Å². The Morgan fingerprint density at radius 3 is 2.42 bits per heavy atom. The van der Waals surface area contributed by atoms with E-state index in [4.69, 9.17) is 0 Å². The van der Waals surface area contributed by atoms with Crippen LogP contribution in [0.4, 0.5) is 0 Å². The second-order valence-electron chi connectivity index (χ2n) is 7.88. The molecule has 1 aliphatic rings. The number of nitrogens with one attached hydrogen (secondary N) is 1. The number of amides is 1. The van der Waals surface area contributed by atoms with E-state index in [2.05, 4.69) is 14.9 Å². The van der Waals surface area contributed by atoms with Crippen LogP contribution in [0.25, 0.3) is 11.0 Å². The van der Waals surface area contributed by atoms with Crippen LogP contribution in [0.15, 0.2) is 59.8 Å². The summed E-state index contributed by atoms with van der Waals surface area (Å²) in [4.78, 5) is 17.1. The second kappa shape index (κ2) is 9.62. The smallest absolute Gasteiger partial charge is 0.251 e. The molecule has 2 heterocycles. The van der Waals surface area contributed by atoms with Crippen LogP contribution in [-0.2, 0) is 16.6 Å². The highest BCUT2D eigenvalue weighted by Crippen LogP contribution is 2.20. The van der Waals surface area contributed by atoms with Crippen molar-refractivity contribution in [2.24, 2.45) is 0 Å². The molecule has 8 heteroatoms. The number of imidazole rings is 1. The standard InChI is InChI=1S/C23H28N4O3S/c28-23(24-14-7-15-26-18-25-21-8-3-4-9-22(21)26)19-10-12-20(13-11-19)31(29,30)27-16-5-1-2-6-17-27/h3-4,8-13,18H,1-2,5-7,14-17H2,(H,24,28). The van der Waals surface area contributed by atoms with Crippen molar-refractivity contribution in [3.05, 3.63) is 60.4 Å². The van der Waals surface area contributed by atoms with Crippen molar-refractivity contribution < 1.29 is 13.2 Å². The summed E-state index contributed by atoms with van der Waals surface area (Å²) in [6.07, 6.45) is 6.52. The molecule has 0 bridgehead atoms. The number of sulfonamides is 1. The lowest BCUT2D eigenvalue weighted by molar-refractivity contribution is 0.0952. The molecule has 7 nitrogen and oxygen atoms in total. The first-order valence-electron chi connectivity index (χ1n) is 10.8. The van der Waals surface area contributed by atoms with Crippen LogP contribution in [0, 0.1) is 0 Å². The maximum atomic E-state index is 12.9. The van der Waals surface area contributed by atoms with Crippen molar-refractivity contribution >= 4 is 27.0 Å². The van der Waals surface area contributed by atoms with Crippen molar-refractivity contribution in [3.63, 3.8) is 0 Å². The minimum Gasteiger partial charge on any atom is -0.352 e. The molecule has 31 heavy (non-hydrogen) atoms. The third kappa shape index (κ3) is 4.97. The highest BCUT2D eigenvalue weighted by molar-refractivity contribution is 7.89. The fraction of sp³-hybridized carbons (Fsp3) is 0.391. The Bertz CT molecular complexity index is 1130. The van der Waals surface area contributed by atoms with E-state index < -0.39 is 10.0 Å². The van der Waals surface area contributed by atoms with Gasteiger partial charge in [0.05, 0.1) is 22.3 Å². The lowest BCUT2D eigenvalue weighted by atomic mass is 10.2. The molecule has 0 atom stereocenters. The van der Waals surface area contributed by atoms with Crippen LogP contribution in [0.1, 0.15) is 42.5 Å². The number of carbonyl (C=O) groups is 1. The molecule has 0 aliphatic carbocycles. The lowest BCUT2D eigenvalue weighted by Crippen LogP contribution is -2.32. The van der Waals surface area contributed by atoms with Crippen LogP contribution in [0.2, 0.25) is 0 Å². The predicted octanol–water partition coefficient (Wildman–Crippen LogP) is 3.42. The summed E-state index contributed by atoms with van der Waals surface area (Å²) in [6, 6.07) is 14.2. The molecule has 1 aliphatic heterocycles. The van der Waals surface area contributed by atoms with Gasteiger partial charge in [0.1, 0.15) is 0 Å². The maximum Gasteiger partial charge on any atom is 0.251 e. The summed E-state index contributed by atoms with van der Waals surface area (Å²) < 4.78 is 29.3. The van der Waals surface area contributed by atoms with Gasteiger partial charge in [0, 0.05) is 31.7 Å². The van der Waals surface area contributed by atoms with E-state index in [0.717, 1.165) is 49.7 Å². The van der Waals surface area contributed by atoms with Crippen molar-refractivity contribution in [3.8, 4) is 0 Å². The van der Waals surface area contributed by atoms with Gasteiger partial charge in [-0.2, -0.15) is 4.31 Å². The predicted molar refractivity (Wildman–Crippen MR) is 120 cm³/mol. The van der Waals surface area contributed by atoms with Crippen molar-refractivity contribution in [2.75, 3.05) is 19.6 Å². The van der Waals surface area contributed by atoms with Gasteiger partial charge in [0.2, 0.25) is 10.0 Å². The van der Waals surface area contributed by atoms with Gasteiger partial charge >= 0.3 is 0 Å². The topological polar surface area (TPSA) is 84.3 Å². The van der Waals surface area contributed by atoms with Gasteiger partial charge in [-0.15, -0.1) is 0 Å². The van der Waals surface area contributed by atoms with Crippen LogP contribution in [-0.4, -0.2) is 47.8 Å². The van der Waals surface area contributed by atoms with Gasteiger partial charge in [-0.25, -0.2) is 13.4 Å². The SMILES string of the molecule is O=C(NCCCn1cnc2ccccc21)c1ccc(S(=O)(=O)N2CCCCCC2)cc1. The molecule has 1 saturated heterocycles. The maximum absolute atomic E-state index is 12.9. The first-order valence-corrected chi connectivity index (χ1v) is 12.3. The Morgan fingerprint density at radius 2 is 1.68 bits per heavy atom. The zero-order valence-electron chi connectivity index (χ0n) is 17.5. The minimum atomic E-state index is -3.50. The van der Waals surface area contributed by atoms with Crippen LogP contribution >= 0.6 is 0 Å². The number of nitrogens with zero attached hydrogens (tertiary/aromatic N) is 3. The number of hydrogen-bond acceptors (Lipinski definition) is 4. The van der Waals surface area contributed by atoms with E-state index in [-0.39, 0.29) is 10.8 Å². The van der Waals surface area contributed by atoms with Gasteiger partial charge < -0.3 is 9.88 Å². The summed E-state index contributed by atoms with van der Waals surface area (Å²) >= 11 is 0. The van der Waals surface area contributed by atoms with E-state index >= 15 is 0 Å². The number of carbonyl (C=O) groups excluding carboxylic acids is 1. The Labute approximate surface area is 183 Å². The third-order valence-electron chi connectivity index (χ3n) is 5.71. The lowest BCUT2D eigenvalue weighted by Gasteiger charge is -2.20. The molecule has 1 amide bonds. The molecule has 3 aromatic rings. The monoisotopic (exact) mass is 440 g/mol. The Morgan fingerprint density at radius 1 is 0.968 bits per heavy atom. The molecule has 2 aromatic carbocycles. The molecular formula is C23H28N4O3S. The Balaban J connectivity index is 1.31. The largest absolute Gasteiger partial charge is 0.352 e. The fourth-order valence-corrected chi connectivity index (χ4v) is 5.47. The van der Waals surface area contributed by atoms with Gasteiger partial charge in [-0.3, -0.25) is 4.79 Å². The van der Waals surface area contributed by atoms with Crippen LogP contribution in [0.3, 0.4) is 0 Å². The van der Waals surface area contributed by atoms with E-state index in [1.165, 1.54) is 12.1 Å². The molecule has 1 N–H and O–H groups in total. The first-order chi connectivity index (χ1) is 15.1. The number of aromatic nitrogens is 2. The Hall–Kier alpha value is -2.71. The van der Waals surface area contributed by atoms with E-state index in [1.54, 1.807) is 16.4 Å². The Kier molecular flexibility index (Phi) is 6.67. The molecule has 0 unspecified atom stereocenters. The van der Waals surface area contributed by atoms with E-state index in [1.807, 2.05) is 30.6 Å². The number of fused-ring (bicyclic) bond motifs is 1. The normalized spacial score (nSPS) is 15.6. The van der Waals surface area contributed by atoms with E-state index in [9.17, 15) is 13.2 Å². The summed E-state index contributed by atoms with van der Waals surface area (Å²) in [5.41, 5.74) is 2.50. The highest BCUT2D eigenvalue weighted by atomic mass is 32.2. The number of para-hydroxylation sites is 2. The van der Waals surface area contributed by atoms with Crippen molar-refractivity contribution in [1.82, 2.24) is 19.2 Å². The molecule has 0 spiro atoms. The summed E-state index contributed by atoms with van der Waals surface area (Å²) in [7, 11) is -3.50. The molecule has 164 valence electrons. The first kappa shape index (κ1) is 21.5. The molecule has 4 rings (SSSR count). The zero-order chi connectivity index (χ0) is 21.7. The summed E-state index contributed by atoms with van der Waals surface area (Å²) in [6.45, 7) is 2.42. The van der Waals surface area contributed by atoms with Gasteiger partial charge in [0.15, 0.2) is 0 Å². The van der Waals surface area contributed by atoms with Crippen molar-refractivity contribution in [2.45, 2.75) is 43.5 Å². The van der Waals surface area contributed by atoms with Crippen molar-refractivity contribution in [1.29, 1.82) is 0 Å². The second-order valence-corrected chi connectivity index (χ2v) is 9.82. The number of benzene rings is 2. The number of aryl methyl sites for hydroxylation is 1. The molecule has 1 aromatic heterocycles.